The number of aryl methyl sites for hydroxylation is 1. The Labute approximate surface area is 57.5 Å². The summed E-state index contributed by atoms with van der Waals surface area (Å²) in [6, 6.07) is 7.70. The van der Waals surface area contributed by atoms with E-state index in [-0.39, 0.29) is 0 Å². The van der Waals surface area contributed by atoms with Crippen LogP contribution in [0.4, 0.5) is 5.69 Å². The molecule has 2 rings (SSSR count). The van der Waals surface area contributed by atoms with Crippen molar-refractivity contribution in [3.05, 3.63) is 29.8 Å². The Balaban J connectivity index is 2.41. The molecule has 0 saturated carbocycles. The van der Waals surface area contributed by atoms with Gasteiger partial charge in [-0.2, -0.15) is 0 Å². The third-order valence-corrected chi connectivity index (χ3v) is 1.52. The summed E-state index contributed by atoms with van der Waals surface area (Å²) in [6.07, 6.45) is 0.475. The van der Waals surface area contributed by atoms with Crippen molar-refractivity contribution >= 4 is 5.69 Å². The lowest BCUT2D eigenvalue weighted by molar-refractivity contribution is 1.11. The Morgan fingerprint density at radius 1 is 1.44 bits per heavy atom. The molecule has 0 unspecified atom stereocenters. The molecule has 0 spiro atoms. The highest BCUT2D eigenvalue weighted by atomic mass is 14.9. The smallest absolute Gasteiger partial charge is 0.0494 e. The van der Waals surface area contributed by atoms with Crippen molar-refractivity contribution in [1.82, 2.24) is 0 Å². The van der Waals surface area contributed by atoms with Crippen LogP contribution in [0.25, 0.3) is 0 Å². The summed E-state index contributed by atoms with van der Waals surface area (Å²) >= 11 is 0. The standard InChI is InChI=1S/C8H9N/c1-2-4-8-7(3-1)5-6-9-8/h1-4,9H,5-6H2/i6D2. The van der Waals surface area contributed by atoms with Crippen LogP contribution in [-0.2, 0) is 6.42 Å². The van der Waals surface area contributed by atoms with E-state index in [0.29, 0.717) is 6.42 Å². The van der Waals surface area contributed by atoms with Gasteiger partial charge in [-0.3, -0.25) is 0 Å². The highest BCUT2D eigenvalue weighted by molar-refractivity contribution is 5.54. The van der Waals surface area contributed by atoms with Gasteiger partial charge in [-0.05, 0) is 18.1 Å². The molecule has 0 aromatic heterocycles. The van der Waals surface area contributed by atoms with E-state index < -0.39 is 6.50 Å². The van der Waals surface area contributed by atoms with E-state index in [2.05, 4.69) is 5.32 Å². The molecule has 0 bridgehead atoms. The molecule has 46 valence electrons. The van der Waals surface area contributed by atoms with Crippen molar-refractivity contribution in [2.24, 2.45) is 0 Å². The quantitative estimate of drug-likeness (QED) is 0.550. The van der Waals surface area contributed by atoms with Gasteiger partial charge in [0.15, 0.2) is 0 Å². The van der Waals surface area contributed by atoms with Gasteiger partial charge in [-0.1, -0.05) is 18.2 Å². The lowest BCUT2D eigenvalue weighted by atomic mass is 10.2. The second-order valence-electron chi connectivity index (χ2n) is 2.14. The topological polar surface area (TPSA) is 12.0 Å². The van der Waals surface area contributed by atoms with E-state index in [1.165, 1.54) is 0 Å². The molecule has 0 amide bonds. The molecular formula is C8H9N. The molecule has 0 radical (unpaired) electrons. The first kappa shape index (κ1) is 3.25. The van der Waals surface area contributed by atoms with E-state index in [1.807, 2.05) is 24.3 Å². The van der Waals surface area contributed by atoms with Crippen molar-refractivity contribution in [2.75, 3.05) is 11.8 Å². The maximum atomic E-state index is 7.43. The molecule has 1 aromatic rings. The van der Waals surface area contributed by atoms with E-state index in [1.54, 1.807) is 0 Å². The molecule has 1 heterocycles. The molecule has 0 saturated heterocycles. The van der Waals surface area contributed by atoms with Crippen LogP contribution in [-0.4, -0.2) is 6.50 Å². The molecule has 1 aromatic carbocycles. The third kappa shape index (κ3) is 0.689. The highest BCUT2D eigenvalue weighted by Crippen LogP contribution is 2.19. The van der Waals surface area contributed by atoms with Gasteiger partial charge in [0.2, 0.25) is 0 Å². The fraction of sp³-hybridized carbons (Fsp3) is 0.250. The summed E-state index contributed by atoms with van der Waals surface area (Å²) in [4.78, 5) is 0. The van der Waals surface area contributed by atoms with E-state index in [0.717, 1.165) is 11.3 Å². The van der Waals surface area contributed by atoms with Crippen LogP contribution in [0, 0.1) is 0 Å². The number of anilines is 1. The van der Waals surface area contributed by atoms with Crippen LogP contribution in [0.3, 0.4) is 0 Å². The van der Waals surface area contributed by atoms with Crippen LogP contribution < -0.4 is 5.32 Å². The first-order valence-electron chi connectivity index (χ1n) is 4.03. The Morgan fingerprint density at radius 2 is 2.33 bits per heavy atom. The van der Waals surface area contributed by atoms with Gasteiger partial charge in [0, 0.05) is 14.9 Å². The largest absolute Gasteiger partial charge is 0.384 e. The van der Waals surface area contributed by atoms with Gasteiger partial charge in [0.25, 0.3) is 0 Å². The summed E-state index contributed by atoms with van der Waals surface area (Å²) in [6.45, 7) is -1.25. The number of para-hydroxylation sites is 1. The molecule has 0 atom stereocenters. The van der Waals surface area contributed by atoms with Crippen LogP contribution in [0.15, 0.2) is 24.3 Å². The predicted molar refractivity (Wildman–Crippen MR) is 38.6 cm³/mol. The van der Waals surface area contributed by atoms with Gasteiger partial charge in [-0.15, -0.1) is 0 Å². The van der Waals surface area contributed by atoms with Crippen LogP contribution in [0.1, 0.15) is 8.30 Å². The Kier molecular flexibility index (Phi) is 0.637. The summed E-state index contributed by atoms with van der Waals surface area (Å²) in [7, 11) is 0. The van der Waals surface area contributed by atoms with E-state index in [4.69, 9.17) is 2.74 Å². The summed E-state index contributed by atoms with van der Waals surface area (Å²) in [5.41, 5.74) is 2.00. The maximum absolute atomic E-state index is 7.43. The minimum Gasteiger partial charge on any atom is -0.384 e. The average Bonchev–Trinajstić information content (AvgIpc) is 2.21. The van der Waals surface area contributed by atoms with Gasteiger partial charge >= 0.3 is 0 Å². The third-order valence-electron chi connectivity index (χ3n) is 1.52. The molecular weight excluding hydrogens is 110 g/mol. The number of rotatable bonds is 0. The van der Waals surface area contributed by atoms with Crippen LogP contribution in [0.2, 0.25) is 0 Å². The number of hydrogen-bond donors (Lipinski definition) is 1. The first-order valence-corrected chi connectivity index (χ1v) is 3.03. The average molecular weight is 121 g/mol. The summed E-state index contributed by atoms with van der Waals surface area (Å²) in [5, 5.41) is 2.81. The van der Waals surface area contributed by atoms with Gasteiger partial charge < -0.3 is 5.32 Å². The Morgan fingerprint density at radius 3 is 3.22 bits per heavy atom. The van der Waals surface area contributed by atoms with E-state index >= 15 is 0 Å². The predicted octanol–water partition coefficient (Wildman–Crippen LogP) is 1.65. The van der Waals surface area contributed by atoms with Crippen molar-refractivity contribution in [2.45, 2.75) is 6.42 Å². The van der Waals surface area contributed by atoms with Crippen LogP contribution >= 0.6 is 0 Å². The zero-order chi connectivity index (χ0) is 7.90. The Hall–Kier alpha value is -0.980. The first-order chi connectivity index (χ1) is 5.17. The van der Waals surface area contributed by atoms with Gasteiger partial charge in [-0.25, -0.2) is 0 Å². The molecule has 1 aliphatic rings. The van der Waals surface area contributed by atoms with Crippen molar-refractivity contribution in [3.63, 3.8) is 0 Å². The van der Waals surface area contributed by atoms with Crippen molar-refractivity contribution in [3.8, 4) is 0 Å². The zero-order valence-electron chi connectivity index (χ0n) is 7.02. The SMILES string of the molecule is [2H]C1([2H])Cc2ccccc2N1. The lowest BCUT2D eigenvalue weighted by Gasteiger charge is -1.94. The summed E-state index contributed by atoms with van der Waals surface area (Å²) < 4.78 is 14.9. The zero-order valence-corrected chi connectivity index (χ0v) is 5.02. The molecule has 1 aliphatic heterocycles. The maximum Gasteiger partial charge on any atom is 0.0494 e. The second kappa shape index (κ2) is 1.76. The number of fused-ring (bicyclic) bond motifs is 1. The molecule has 0 aliphatic carbocycles. The summed E-state index contributed by atoms with van der Waals surface area (Å²) in [5.74, 6) is 0. The Bertz CT molecular complexity index is 256. The molecule has 1 nitrogen and oxygen atoms in total. The van der Waals surface area contributed by atoms with Gasteiger partial charge in [0.1, 0.15) is 0 Å². The number of nitrogens with one attached hydrogen (secondary N) is 1. The minimum absolute atomic E-state index is 0.475. The number of benzene rings is 1. The van der Waals surface area contributed by atoms with Crippen LogP contribution in [0.5, 0.6) is 0 Å². The second-order valence-corrected chi connectivity index (χ2v) is 2.14. The molecule has 1 heteroatoms. The molecule has 0 fully saturated rings. The lowest BCUT2D eigenvalue weighted by Crippen LogP contribution is -1.90. The van der Waals surface area contributed by atoms with Crippen molar-refractivity contribution < 1.29 is 2.74 Å². The normalized spacial score (nSPS) is 23.6. The fourth-order valence-corrected chi connectivity index (χ4v) is 1.03. The van der Waals surface area contributed by atoms with E-state index in [9.17, 15) is 0 Å². The molecule has 1 N–H and O–H groups in total. The number of hydrogen-bond acceptors (Lipinski definition) is 1. The highest BCUT2D eigenvalue weighted by Gasteiger charge is 2.05. The molecule has 9 heavy (non-hydrogen) atoms. The van der Waals surface area contributed by atoms with Crippen molar-refractivity contribution in [1.29, 1.82) is 0 Å². The van der Waals surface area contributed by atoms with Gasteiger partial charge in [0.05, 0.1) is 0 Å². The minimum atomic E-state index is -1.25. The fourth-order valence-electron chi connectivity index (χ4n) is 1.03. The monoisotopic (exact) mass is 121 g/mol.